The van der Waals surface area contributed by atoms with Gasteiger partial charge in [0.1, 0.15) is 18.0 Å². The lowest BCUT2D eigenvalue weighted by atomic mass is 10.1. The molecule has 0 radical (unpaired) electrons. The first-order chi connectivity index (χ1) is 8.74. The maximum absolute atomic E-state index is 9.17. The molecule has 0 aliphatic heterocycles. The number of aliphatic hydroxyl groups is 1. The molecule has 0 saturated heterocycles. The zero-order valence-corrected chi connectivity index (χ0v) is 11.4. The average Bonchev–Trinajstić information content (AvgIpc) is 2.37. The molecule has 0 aliphatic rings. The van der Waals surface area contributed by atoms with E-state index in [9.17, 15) is 5.11 Å². The van der Waals surface area contributed by atoms with Crippen LogP contribution in [0.25, 0.3) is 0 Å². The molecule has 1 aromatic rings. The van der Waals surface area contributed by atoms with E-state index in [-0.39, 0.29) is 6.61 Å². The van der Waals surface area contributed by atoms with Crippen molar-refractivity contribution >= 4 is 11.6 Å². The van der Waals surface area contributed by atoms with E-state index in [4.69, 9.17) is 5.73 Å². The standard InChI is InChI=1S/C13H24N4O/c1-3-5-7-17(8-9-18)13-11(6-4-2)12(14)15-10-16-13/h10,18H,3-9H2,1-2H3,(H2,14,15,16). The lowest BCUT2D eigenvalue weighted by Crippen LogP contribution is -2.30. The second-order valence-corrected chi connectivity index (χ2v) is 4.38. The highest BCUT2D eigenvalue weighted by atomic mass is 16.3. The Morgan fingerprint density at radius 1 is 1.22 bits per heavy atom. The Bertz CT molecular complexity index is 357. The molecule has 3 N–H and O–H groups in total. The molecule has 5 nitrogen and oxygen atoms in total. The Hall–Kier alpha value is -1.36. The van der Waals surface area contributed by atoms with Gasteiger partial charge < -0.3 is 15.7 Å². The molecule has 1 aromatic heterocycles. The van der Waals surface area contributed by atoms with E-state index < -0.39 is 0 Å². The molecular formula is C13H24N4O. The fourth-order valence-electron chi connectivity index (χ4n) is 1.97. The largest absolute Gasteiger partial charge is 0.395 e. The normalized spacial score (nSPS) is 10.6. The molecule has 0 saturated carbocycles. The third-order valence-corrected chi connectivity index (χ3v) is 2.91. The monoisotopic (exact) mass is 252 g/mol. The van der Waals surface area contributed by atoms with E-state index in [1.54, 1.807) is 0 Å². The summed E-state index contributed by atoms with van der Waals surface area (Å²) < 4.78 is 0. The number of nitrogen functional groups attached to an aromatic ring is 1. The van der Waals surface area contributed by atoms with Crippen molar-refractivity contribution in [1.29, 1.82) is 0 Å². The average molecular weight is 252 g/mol. The Morgan fingerprint density at radius 3 is 2.61 bits per heavy atom. The van der Waals surface area contributed by atoms with Crippen LogP contribution in [-0.4, -0.2) is 34.8 Å². The quantitative estimate of drug-likeness (QED) is 0.735. The summed E-state index contributed by atoms with van der Waals surface area (Å²) >= 11 is 0. The molecule has 0 aliphatic carbocycles. The van der Waals surface area contributed by atoms with Gasteiger partial charge in [-0.1, -0.05) is 26.7 Å². The number of nitrogens with two attached hydrogens (primary N) is 1. The molecule has 0 aromatic carbocycles. The van der Waals surface area contributed by atoms with Crippen LogP contribution in [0.1, 0.15) is 38.7 Å². The van der Waals surface area contributed by atoms with Crippen molar-refractivity contribution in [2.24, 2.45) is 0 Å². The van der Waals surface area contributed by atoms with E-state index >= 15 is 0 Å². The highest BCUT2D eigenvalue weighted by molar-refractivity contribution is 5.56. The van der Waals surface area contributed by atoms with Crippen molar-refractivity contribution in [3.63, 3.8) is 0 Å². The maximum Gasteiger partial charge on any atom is 0.137 e. The Kier molecular flexibility index (Phi) is 6.43. The van der Waals surface area contributed by atoms with Crippen LogP contribution in [0.4, 0.5) is 11.6 Å². The minimum Gasteiger partial charge on any atom is -0.395 e. The number of aliphatic hydroxyl groups excluding tert-OH is 1. The van der Waals surface area contributed by atoms with E-state index in [2.05, 4.69) is 28.7 Å². The summed E-state index contributed by atoms with van der Waals surface area (Å²) in [7, 11) is 0. The van der Waals surface area contributed by atoms with Gasteiger partial charge in [-0.05, 0) is 12.8 Å². The van der Waals surface area contributed by atoms with Gasteiger partial charge in [0.05, 0.1) is 6.61 Å². The molecule has 0 unspecified atom stereocenters. The van der Waals surface area contributed by atoms with Crippen molar-refractivity contribution in [2.45, 2.75) is 39.5 Å². The summed E-state index contributed by atoms with van der Waals surface area (Å²) in [6.45, 7) is 5.87. The fourth-order valence-corrected chi connectivity index (χ4v) is 1.97. The first-order valence-corrected chi connectivity index (χ1v) is 6.69. The Labute approximate surface area is 109 Å². The minimum absolute atomic E-state index is 0.124. The van der Waals surface area contributed by atoms with Crippen molar-refractivity contribution in [2.75, 3.05) is 30.3 Å². The van der Waals surface area contributed by atoms with E-state index in [0.717, 1.165) is 43.6 Å². The van der Waals surface area contributed by atoms with Crippen LogP contribution in [-0.2, 0) is 6.42 Å². The van der Waals surface area contributed by atoms with E-state index in [1.807, 2.05) is 0 Å². The zero-order chi connectivity index (χ0) is 13.4. The molecule has 18 heavy (non-hydrogen) atoms. The van der Waals surface area contributed by atoms with Crippen LogP contribution in [0.3, 0.4) is 0 Å². The van der Waals surface area contributed by atoms with Crippen LogP contribution in [0.15, 0.2) is 6.33 Å². The third-order valence-electron chi connectivity index (χ3n) is 2.91. The fraction of sp³-hybridized carbons (Fsp3) is 0.692. The number of hydrogen-bond donors (Lipinski definition) is 2. The lowest BCUT2D eigenvalue weighted by molar-refractivity contribution is 0.301. The van der Waals surface area contributed by atoms with Crippen molar-refractivity contribution < 1.29 is 5.11 Å². The molecule has 0 bridgehead atoms. The summed E-state index contributed by atoms with van der Waals surface area (Å²) in [6, 6.07) is 0. The van der Waals surface area contributed by atoms with Gasteiger partial charge in [-0.25, -0.2) is 9.97 Å². The number of hydrogen-bond acceptors (Lipinski definition) is 5. The van der Waals surface area contributed by atoms with Gasteiger partial charge >= 0.3 is 0 Å². The molecule has 5 heteroatoms. The molecule has 102 valence electrons. The lowest BCUT2D eigenvalue weighted by Gasteiger charge is -2.25. The summed E-state index contributed by atoms with van der Waals surface area (Å²) in [5.74, 6) is 1.44. The van der Waals surface area contributed by atoms with Crippen molar-refractivity contribution in [1.82, 2.24) is 9.97 Å². The molecule has 0 spiro atoms. The van der Waals surface area contributed by atoms with Crippen LogP contribution >= 0.6 is 0 Å². The molecule has 0 fully saturated rings. The SMILES string of the molecule is CCCCN(CCO)c1ncnc(N)c1CCC. The van der Waals surface area contributed by atoms with Gasteiger partial charge in [-0.3, -0.25) is 0 Å². The predicted octanol–water partition coefficient (Wildman–Crippen LogP) is 1.61. The van der Waals surface area contributed by atoms with E-state index in [1.165, 1.54) is 6.33 Å². The summed E-state index contributed by atoms with van der Waals surface area (Å²) in [5.41, 5.74) is 6.93. The maximum atomic E-state index is 9.17. The summed E-state index contributed by atoms with van der Waals surface area (Å²) in [5, 5.41) is 9.17. The van der Waals surface area contributed by atoms with Gasteiger partial charge in [0.25, 0.3) is 0 Å². The highest BCUT2D eigenvalue weighted by Gasteiger charge is 2.14. The number of nitrogens with zero attached hydrogens (tertiary/aromatic N) is 3. The first-order valence-electron chi connectivity index (χ1n) is 6.69. The smallest absolute Gasteiger partial charge is 0.137 e. The molecule has 1 heterocycles. The van der Waals surface area contributed by atoms with Crippen LogP contribution in [0.5, 0.6) is 0 Å². The first kappa shape index (κ1) is 14.7. The van der Waals surface area contributed by atoms with Gasteiger partial charge in [0.15, 0.2) is 0 Å². The second-order valence-electron chi connectivity index (χ2n) is 4.38. The molecule has 1 rings (SSSR count). The Balaban J connectivity index is 2.97. The van der Waals surface area contributed by atoms with Gasteiger partial charge in [0.2, 0.25) is 0 Å². The molecule has 0 atom stereocenters. The van der Waals surface area contributed by atoms with Crippen LogP contribution in [0, 0.1) is 0 Å². The summed E-state index contributed by atoms with van der Waals surface area (Å²) in [6.07, 6.45) is 5.57. The Morgan fingerprint density at radius 2 is 2.00 bits per heavy atom. The van der Waals surface area contributed by atoms with Gasteiger partial charge in [-0.15, -0.1) is 0 Å². The topological polar surface area (TPSA) is 75.3 Å². The highest BCUT2D eigenvalue weighted by Crippen LogP contribution is 2.23. The van der Waals surface area contributed by atoms with Gasteiger partial charge in [-0.2, -0.15) is 0 Å². The molecule has 0 amide bonds. The minimum atomic E-state index is 0.124. The number of rotatable bonds is 8. The predicted molar refractivity (Wildman–Crippen MR) is 74.6 cm³/mol. The third kappa shape index (κ3) is 3.84. The number of anilines is 2. The van der Waals surface area contributed by atoms with Crippen LogP contribution < -0.4 is 10.6 Å². The number of unbranched alkanes of at least 4 members (excludes halogenated alkanes) is 1. The summed E-state index contributed by atoms with van der Waals surface area (Å²) in [4.78, 5) is 10.5. The van der Waals surface area contributed by atoms with Crippen molar-refractivity contribution in [3.8, 4) is 0 Å². The van der Waals surface area contributed by atoms with Crippen LogP contribution in [0.2, 0.25) is 0 Å². The van der Waals surface area contributed by atoms with Gasteiger partial charge in [0, 0.05) is 18.7 Å². The zero-order valence-electron chi connectivity index (χ0n) is 11.4. The van der Waals surface area contributed by atoms with E-state index in [0.29, 0.717) is 12.4 Å². The van der Waals surface area contributed by atoms with Crippen molar-refractivity contribution in [3.05, 3.63) is 11.9 Å². The number of aromatic nitrogens is 2. The second kappa shape index (κ2) is 7.87. The molecular weight excluding hydrogens is 228 g/mol.